The Hall–Kier alpha value is -7.20. The number of fused-ring (bicyclic) bond motifs is 5. The van der Waals surface area contributed by atoms with Crippen molar-refractivity contribution < 1.29 is 67.0 Å². The lowest BCUT2D eigenvalue weighted by Crippen LogP contribution is -2.58. The number of methoxy groups -OCH3 is 1. The molecular formula is C60H73ClN8O14P+. The Morgan fingerprint density at radius 2 is 1.60 bits per heavy atom. The quantitative estimate of drug-likeness (QED) is 0.0105. The number of anilines is 3. The average molecular weight is 1200 g/mol. The summed E-state index contributed by atoms with van der Waals surface area (Å²) in [4.78, 5) is 113. The zero-order chi connectivity index (χ0) is 59.5. The maximum Gasteiger partial charge on any atom is 0.747 e. The third kappa shape index (κ3) is 13.6. The smallest absolute Gasteiger partial charge is 0.493 e. The lowest BCUT2D eigenvalue weighted by molar-refractivity contribution is -0.151. The van der Waals surface area contributed by atoms with Crippen molar-refractivity contribution in [3.05, 3.63) is 95.6 Å². The first-order valence-electron chi connectivity index (χ1n) is 28.9. The van der Waals surface area contributed by atoms with Crippen LogP contribution in [-0.2, 0) is 44.8 Å². The number of amides is 7. The van der Waals surface area contributed by atoms with E-state index >= 15 is 0 Å². The molecule has 24 heteroatoms. The van der Waals surface area contributed by atoms with Gasteiger partial charge in [-0.1, -0.05) is 42.8 Å². The van der Waals surface area contributed by atoms with E-state index in [1.54, 1.807) is 58.3 Å². The lowest BCUT2D eigenvalue weighted by atomic mass is 9.67. The molecule has 2 unspecified atom stereocenters. The van der Waals surface area contributed by atoms with Crippen molar-refractivity contribution in [3.63, 3.8) is 0 Å². The number of halogens is 1. The zero-order valence-corrected chi connectivity index (χ0v) is 48.7. The van der Waals surface area contributed by atoms with E-state index in [0.29, 0.717) is 156 Å². The maximum absolute atomic E-state index is 14.2. The number of nitrogens with two attached hydrogens (primary N) is 1. The van der Waals surface area contributed by atoms with Crippen molar-refractivity contribution >= 4 is 89.0 Å². The van der Waals surface area contributed by atoms with Gasteiger partial charge in [0.15, 0.2) is 23.5 Å². The summed E-state index contributed by atoms with van der Waals surface area (Å²) in [5.41, 5.74) is 7.63. The molecule has 4 aromatic carbocycles. The summed E-state index contributed by atoms with van der Waals surface area (Å²) in [5, 5.41) is 23.4. The average Bonchev–Trinajstić information content (AvgIpc) is 3.24. The van der Waals surface area contributed by atoms with Crippen LogP contribution >= 0.6 is 19.9 Å². The highest BCUT2D eigenvalue weighted by Crippen LogP contribution is 2.48. The number of aliphatic hydroxyl groups excluding tert-OH is 1. The summed E-state index contributed by atoms with van der Waals surface area (Å²) in [5.74, 6) is -1.47. The Morgan fingerprint density at radius 1 is 0.857 bits per heavy atom. The molecule has 9 rings (SSSR count). The molecule has 0 aromatic heterocycles. The molecule has 22 nitrogen and oxygen atoms in total. The number of hydrogen-bond donors (Lipinski definition) is 6. The predicted octanol–water partition coefficient (Wildman–Crippen LogP) is 6.99. The van der Waals surface area contributed by atoms with Gasteiger partial charge >= 0.3 is 8.25 Å². The Balaban J connectivity index is 0.795. The summed E-state index contributed by atoms with van der Waals surface area (Å²) in [6.45, 7) is 2.02. The van der Waals surface area contributed by atoms with E-state index < -0.39 is 49.7 Å². The minimum atomic E-state index is -2.94. The summed E-state index contributed by atoms with van der Waals surface area (Å²) in [6, 6.07) is 17.6. The zero-order valence-electron chi connectivity index (χ0n) is 47.1. The standard InChI is InChI=1S/C60H72ClN8O14P/c1-80-49-32-43-46(33-50(49)81-31-11-2-4-18-51(70)68-36-39(35-61)54-42-15-6-5-14-41(42)48(34-47(54)68)83-84(78)79)69(57(75)45-17-12-30-66(45)56(43)74)82-37-38-19-21-40(22-20-38)64-55(73)44(16-7-8-27-62)65-59(77)60(25-13-26-60)58(76)63-28-9-3-10-29-67-52(71)23-24-53(67)72/h5-6,14-15,19-24,32-34,39,44-45,57,75H,2-4,7-13,16-18,25-31,35-37,62H2,1H3,(H3-,63,64,65,73,76,77,78,79)/p+1/t39-,44+,45+,57?/m1/s1. The highest BCUT2D eigenvalue weighted by atomic mass is 35.5. The number of aliphatic hydroxyl groups is 1. The molecular weight excluding hydrogens is 1120 g/mol. The largest absolute Gasteiger partial charge is 0.747 e. The van der Waals surface area contributed by atoms with Gasteiger partial charge in [-0.05, 0) is 125 Å². The fraction of sp³-hybridized carbons (Fsp3) is 0.483. The molecule has 7 amide bonds. The number of nitrogens with zero attached hydrogens (tertiary/aromatic N) is 4. The first-order valence-corrected chi connectivity index (χ1v) is 30.6. The topological polar surface area (TPSA) is 289 Å². The van der Waals surface area contributed by atoms with Crippen LogP contribution in [0.1, 0.15) is 124 Å². The molecule has 0 spiro atoms. The van der Waals surface area contributed by atoms with E-state index in [-0.39, 0.29) is 72.1 Å². The normalized spacial score (nSPS) is 19.1. The van der Waals surface area contributed by atoms with E-state index in [0.717, 1.165) is 10.9 Å². The fourth-order valence-electron chi connectivity index (χ4n) is 11.7. The summed E-state index contributed by atoms with van der Waals surface area (Å²) < 4.78 is 29.1. The summed E-state index contributed by atoms with van der Waals surface area (Å²) in [7, 11) is -1.47. The molecule has 84 heavy (non-hydrogen) atoms. The highest BCUT2D eigenvalue weighted by molar-refractivity contribution is 7.32. The van der Waals surface area contributed by atoms with Crippen molar-refractivity contribution in [1.82, 2.24) is 20.4 Å². The molecule has 1 aliphatic carbocycles. The molecule has 5 atom stereocenters. The van der Waals surface area contributed by atoms with Gasteiger partial charge in [0.25, 0.3) is 17.7 Å². The van der Waals surface area contributed by atoms with E-state index in [9.17, 15) is 48.1 Å². The van der Waals surface area contributed by atoms with Gasteiger partial charge in [-0.25, -0.2) is 9.59 Å². The number of nitrogens with one attached hydrogen (secondary N) is 3. The molecule has 448 valence electrons. The van der Waals surface area contributed by atoms with E-state index in [2.05, 4.69) is 16.0 Å². The van der Waals surface area contributed by atoms with Crippen LogP contribution in [0.15, 0.2) is 78.9 Å². The first kappa shape index (κ1) is 61.4. The van der Waals surface area contributed by atoms with Crippen LogP contribution in [0.2, 0.25) is 0 Å². The van der Waals surface area contributed by atoms with Gasteiger partial charge in [0, 0.05) is 84.3 Å². The third-order valence-corrected chi connectivity index (χ3v) is 17.2. The minimum Gasteiger partial charge on any atom is -0.493 e. The van der Waals surface area contributed by atoms with Gasteiger partial charge in [0.2, 0.25) is 23.6 Å². The summed E-state index contributed by atoms with van der Waals surface area (Å²) >= 11 is 6.43. The van der Waals surface area contributed by atoms with Crippen LogP contribution in [0.5, 0.6) is 17.2 Å². The van der Waals surface area contributed by atoms with Crippen LogP contribution in [0.4, 0.5) is 17.1 Å². The van der Waals surface area contributed by atoms with Crippen LogP contribution in [-0.4, -0.2) is 132 Å². The molecule has 4 aliphatic heterocycles. The molecule has 1 saturated carbocycles. The second-order valence-corrected chi connectivity index (χ2v) is 22.8. The monoisotopic (exact) mass is 1200 g/mol. The molecule has 0 bridgehead atoms. The van der Waals surface area contributed by atoms with Gasteiger partial charge in [0.1, 0.15) is 18.1 Å². The highest BCUT2D eigenvalue weighted by Gasteiger charge is 2.51. The van der Waals surface area contributed by atoms with E-state index in [4.69, 9.17) is 36.2 Å². The van der Waals surface area contributed by atoms with Crippen LogP contribution in [0, 0.1) is 5.41 Å². The van der Waals surface area contributed by atoms with E-state index in [1.807, 2.05) is 18.2 Å². The molecule has 4 aromatic rings. The number of hydroxylamine groups is 1. The number of ether oxygens (including phenoxy) is 2. The van der Waals surface area contributed by atoms with Crippen LogP contribution < -0.4 is 45.6 Å². The minimum absolute atomic E-state index is 0.0438. The van der Waals surface area contributed by atoms with Gasteiger partial charge in [-0.3, -0.25) is 43.3 Å². The van der Waals surface area contributed by atoms with Gasteiger partial charge in [-0.2, -0.15) is 0 Å². The predicted molar refractivity (Wildman–Crippen MR) is 313 cm³/mol. The number of hydrogen-bond acceptors (Lipinski definition) is 15. The number of rotatable bonds is 29. The van der Waals surface area contributed by atoms with Gasteiger partial charge in [0.05, 0.1) is 36.7 Å². The van der Waals surface area contributed by atoms with Crippen LogP contribution in [0.3, 0.4) is 0 Å². The number of imide groups is 1. The molecule has 1 saturated heterocycles. The molecule has 4 heterocycles. The van der Waals surface area contributed by atoms with Crippen LogP contribution in [0.25, 0.3) is 10.8 Å². The number of benzene rings is 4. The number of unbranched alkanes of at least 4 members (excludes halogenated alkanes) is 5. The second-order valence-electron chi connectivity index (χ2n) is 21.8. The summed E-state index contributed by atoms with van der Waals surface area (Å²) in [6.07, 6.45) is 9.12. The Morgan fingerprint density at radius 3 is 2.30 bits per heavy atom. The SMILES string of the molecule is COc1cc2c(cc1OCCCCCC(=O)N1C[C@@H](CCl)c3c1cc(O[P+](=O)O)c1ccccc31)N(OCc1ccc(NC(=O)[C@H](CCCCN)NC(=O)C3(C(=O)NCCCCCN4C(=O)C=CC4=O)CCC3)cc1)C(O)[C@@H]1CCCN1C2=O. The van der Waals surface area contributed by atoms with Crippen molar-refractivity contribution in [2.24, 2.45) is 11.1 Å². The van der Waals surface area contributed by atoms with Crippen molar-refractivity contribution in [2.75, 3.05) is 67.6 Å². The Labute approximate surface area is 493 Å². The Kier molecular flexibility index (Phi) is 20.5. The number of carbonyl (C=O) groups is 7. The number of alkyl halides is 1. The first-order chi connectivity index (χ1) is 40.7. The molecule has 7 N–H and O–H groups in total. The molecule has 0 radical (unpaired) electrons. The lowest BCUT2D eigenvalue weighted by Gasteiger charge is -2.39. The second kappa shape index (κ2) is 28.1. The van der Waals surface area contributed by atoms with Crippen molar-refractivity contribution in [1.29, 1.82) is 0 Å². The van der Waals surface area contributed by atoms with Crippen molar-refractivity contribution in [3.8, 4) is 17.2 Å². The van der Waals surface area contributed by atoms with Crippen molar-refractivity contribution in [2.45, 2.75) is 127 Å². The van der Waals surface area contributed by atoms with E-state index in [1.165, 1.54) is 29.2 Å². The maximum atomic E-state index is 14.2. The molecule has 5 aliphatic rings. The third-order valence-electron chi connectivity index (χ3n) is 16.5. The van der Waals surface area contributed by atoms with Gasteiger partial charge in [-0.15, -0.1) is 16.5 Å². The number of carbonyl (C=O) groups excluding carboxylic acids is 7. The molecule has 2 fully saturated rings. The Bertz CT molecular complexity index is 3140. The fourth-order valence-corrected chi connectivity index (χ4v) is 12.3. The van der Waals surface area contributed by atoms with Gasteiger partial charge < -0.3 is 46.1 Å².